The molecule has 1 heterocycles. The molecule has 14 heavy (non-hydrogen) atoms. The summed E-state index contributed by atoms with van der Waals surface area (Å²) in [5, 5.41) is 0. The number of nitrogens with zero attached hydrogens (tertiary/aromatic N) is 2. The lowest BCUT2D eigenvalue weighted by Gasteiger charge is -2.09. The van der Waals surface area contributed by atoms with Crippen molar-refractivity contribution in [3.05, 3.63) is 11.3 Å². The van der Waals surface area contributed by atoms with Crippen LogP contribution in [0.1, 0.15) is 31.5 Å². The standard InChI is InChI=1S/C10H18N4/c1-6(2)4-5-8-7(3)13-10(12)14-9(8)11/h6H,4-5H2,1-3H3,(H4,11,12,13,14). The van der Waals surface area contributed by atoms with Crippen LogP contribution in [0.3, 0.4) is 0 Å². The van der Waals surface area contributed by atoms with E-state index in [1.807, 2.05) is 6.92 Å². The summed E-state index contributed by atoms with van der Waals surface area (Å²) in [7, 11) is 0. The van der Waals surface area contributed by atoms with Gasteiger partial charge in [-0.3, -0.25) is 0 Å². The molecule has 4 N–H and O–H groups in total. The normalized spacial score (nSPS) is 10.9. The van der Waals surface area contributed by atoms with Crippen molar-refractivity contribution in [2.45, 2.75) is 33.6 Å². The van der Waals surface area contributed by atoms with Crippen molar-refractivity contribution in [2.24, 2.45) is 5.92 Å². The second-order valence-electron chi connectivity index (χ2n) is 3.96. The first-order valence-electron chi connectivity index (χ1n) is 4.89. The van der Waals surface area contributed by atoms with E-state index < -0.39 is 0 Å². The number of aromatic nitrogens is 2. The molecule has 4 heteroatoms. The first-order valence-corrected chi connectivity index (χ1v) is 4.89. The summed E-state index contributed by atoms with van der Waals surface area (Å²) in [6.45, 7) is 6.29. The van der Waals surface area contributed by atoms with Crippen molar-refractivity contribution in [1.29, 1.82) is 0 Å². The lowest BCUT2D eigenvalue weighted by atomic mass is 10.0. The average Bonchev–Trinajstić information content (AvgIpc) is 2.01. The van der Waals surface area contributed by atoms with E-state index in [0.29, 0.717) is 11.7 Å². The van der Waals surface area contributed by atoms with Gasteiger partial charge < -0.3 is 11.5 Å². The number of rotatable bonds is 3. The molecule has 0 aliphatic carbocycles. The minimum Gasteiger partial charge on any atom is -0.383 e. The summed E-state index contributed by atoms with van der Waals surface area (Å²) in [5.74, 6) is 1.44. The van der Waals surface area contributed by atoms with Crippen molar-refractivity contribution in [2.75, 3.05) is 11.5 Å². The molecule has 0 amide bonds. The van der Waals surface area contributed by atoms with E-state index in [4.69, 9.17) is 11.5 Å². The zero-order valence-corrected chi connectivity index (χ0v) is 9.04. The van der Waals surface area contributed by atoms with Gasteiger partial charge in [0.15, 0.2) is 0 Å². The van der Waals surface area contributed by atoms with Gasteiger partial charge in [-0.1, -0.05) is 13.8 Å². The highest BCUT2D eigenvalue weighted by molar-refractivity contribution is 5.45. The minimum atomic E-state index is 0.258. The number of nitrogens with two attached hydrogens (primary N) is 2. The van der Waals surface area contributed by atoms with Crippen LogP contribution in [0.2, 0.25) is 0 Å². The molecule has 0 aromatic carbocycles. The van der Waals surface area contributed by atoms with Gasteiger partial charge in [0.2, 0.25) is 5.95 Å². The Labute approximate surface area is 84.7 Å². The molecule has 78 valence electrons. The summed E-state index contributed by atoms with van der Waals surface area (Å²) in [4.78, 5) is 8.06. The summed E-state index contributed by atoms with van der Waals surface area (Å²) in [6, 6.07) is 0. The summed E-state index contributed by atoms with van der Waals surface area (Å²) in [5.41, 5.74) is 13.2. The second-order valence-corrected chi connectivity index (χ2v) is 3.96. The molecular weight excluding hydrogens is 176 g/mol. The third kappa shape index (κ3) is 2.58. The molecule has 0 radical (unpaired) electrons. The van der Waals surface area contributed by atoms with E-state index >= 15 is 0 Å². The Balaban J connectivity index is 2.86. The quantitative estimate of drug-likeness (QED) is 0.765. The fraction of sp³-hybridized carbons (Fsp3) is 0.600. The highest BCUT2D eigenvalue weighted by Gasteiger charge is 2.08. The molecule has 0 aliphatic heterocycles. The van der Waals surface area contributed by atoms with Crippen LogP contribution in [0.15, 0.2) is 0 Å². The Bertz CT molecular complexity index is 297. The fourth-order valence-corrected chi connectivity index (χ4v) is 1.38. The van der Waals surface area contributed by atoms with E-state index in [2.05, 4.69) is 23.8 Å². The predicted octanol–water partition coefficient (Wildman–Crippen LogP) is 1.54. The molecule has 0 fully saturated rings. The molecule has 0 saturated heterocycles. The van der Waals surface area contributed by atoms with Crippen molar-refractivity contribution >= 4 is 11.8 Å². The van der Waals surface area contributed by atoms with Crippen LogP contribution >= 0.6 is 0 Å². The summed E-state index contributed by atoms with van der Waals surface area (Å²) < 4.78 is 0. The molecule has 1 aromatic heterocycles. The first kappa shape index (κ1) is 10.8. The van der Waals surface area contributed by atoms with Gasteiger partial charge in [0.1, 0.15) is 5.82 Å². The first-order chi connectivity index (χ1) is 6.50. The van der Waals surface area contributed by atoms with Crippen molar-refractivity contribution in [1.82, 2.24) is 9.97 Å². The third-order valence-corrected chi connectivity index (χ3v) is 2.23. The number of anilines is 2. The van der Waals surface area contributed by atoms with Crippen LogP contribution in [-0.4, -0.2) is 9.97 Å². The molecule has 0 spiro atoms. The van der Waals surface area contributed by atoms with Crippen LogP contribution in [0.25, 0.3) is 0 Å². The Morgan fingerprint density at radius 1 is 1.21 bits per heavy atom. The number of hydrogen-bond donors (Lipinski definition) is 2. The smallest absolute Gasteiger partial charge is 0.222 e. The van der Waals surface area contributed by atoms with Crippen LogP contribution in [-0.2, 0) is 6.42 Å². The van der Waals surface area contributed by atoms with Gasteiger partial charge in [-0.2, -0.15) is 4.98 Å². The number of hydrogen-bond acceptors (Lipinski definition) is 4. The molecule has 0 atom stereocenters. The summed E-state index contributed by atoms with van der Waals surface area (Å²) in [6.07, 6.45) is 2.02. The zero-order chi connectivity index (χ0) is 10.7. The maximum atomic E-state index is 5.78. The Kier molecular flexibility index (Phi) is 3.28. The van der Waals surface area contributed by atoms with E-state index in [1.54, 1.807) is 0 Å². The van der Waals surface area contributed by atoms with Gasteiger partial charge in [0.25, 0.3) is 0 Å². The van der Waals surface area contributed by atoms with Crippen molar-refractivity contribution in [3.8, 4) is 0 Å². The molecule has 1 aromatic rings. The lowest BCUT2D eigenvalue weighted by Crippen LogP contribution is -2.07. The van der Waals surface area contributed by atoms with Crippen LogP contribution in [0, 0.1) is 12.8 Å². The SMILES string of the molecule is Cc1nc(N)nc(N)c1CCC(C)C. The molecule has 4 nitrogen and oxygen atoms in total. The van der Waals surface area contributed by atoms with Gasteiger partial charge in [-0.05, 0) is 25.7 Å². The van der Waals surface area contributed by atoms with Gasteiger partial charge in [-0.15, -0.1) is 0 Å². The average molecular weight is 194 g/mol. The molecule has 0 unspecified atom stereocenters. The van der Waals surface area contributed by atoms with Gasteiger partial charge in [0, 0.05) is 11.3 Å². The Hall–Kier alpha value is -1.32. The summed E-state index contributed by atoms with van der Waals surface area (Å²) >= 11 is 0. The molecule has 0 saturated carbocycles. The third-order valence-electron chi connectivity index (χ3n) is 2.23. The van der Waals surface area contributed by atoms with E-state index in [1.165, 1.54) is 0 Å². The molecular formula is C10H18N4. The van der Waals surface area contributed by atoms with Gasteiger partial charge in [-0.25, -0.2) is 4.98 Å². The number of aryl methyl sites for hydroxylation is 1. The minimum absolute atomic E-state index is 0.258. The van der Waals surface area contributed by atoms with Crippen LogP contribution < -0.4 is 11.5 Å². The largest absolute Gasteiger partial charge is 0.383 e. The van der Waals surface area contributed by atoms with E-state index in [0.717, 1.165) is 24.1 Å². The van der Waals surface area contributed by atoms with Gasteiger partial charge in [0.05, 0.1) is 0 Å². The molecule has 1 rings (SSSR count). The molecule has 0 bridgehead atoms. The van der Waals surface area contributed by atoms with Gasteiger partial charge >= 0.3 is 0 Å². The monoisotopic (exact) mass is 194 g/mol. The maximum absolute atomic E-state index is 5.78. The Morgan fingerprint density at radius 3 is 2.36 bits per heavy atom. The maximum Gasteiger partial charge on any atom is 0.222 e. The molecule has 0 aliphatic rings. The highest BCUT2D eigenvalue weighted by atomic mass is 15.0. The van der Waals surface area contributed by atoms with Crippen LogP contribution in [0.4, 0.5) is 11.8 Å². The second kappa shape index (κ2) is 4.26. The van der Waals surface area contributed by atoms with E-state index in [-0.39, 0.29) is 5.95 Å². The van der Waals surface area contributed by atoms with Crippen molar-refractivity contribution < 1.29 is 0 Å². The van der Waals surface area contributed by atoms with E-state index in [9.17, 15) is 0 Å². The number of nitrogen functional groups attached to an aromatic ring is 2. The van der Waals surface area contributed by atoms with Crippen molar-refractivity contribution in [3.63, 3.8) is 0 Å². The predicted molar refractivity (Wildman–Crippen MR) is 58.8 cm³/mol. The lowest BCUT2D eigenvalue weighted by molar-refractivity contribution is 0.585. The fourth-order valence-electron chi connectivity index (χ4n) is 1.38. The Morgan fingerprint density at radius 2 is 1.86 bits per heavy atom. The topological polar surface area (TPSA) is 77.8 Å². The van der Waals surface area contributed by atoms with Crippen LogP contribution in [0.5, 0.6) is 0 Å². The zero-order valence-electron chi connectivity index (χ0n) is 9.04. The highest BCUT2D eigenvalue weighted by Crippen LogP contribution is 2.17.